The highest BCUT2D eigenvalue weighted by Gasteiger charge is 2.35. The van der Waals surface area contributed by atoms with Gasteiger partial charge in [0.25, 0.3) is 0 Å². The van der Waals surface area contributed by atoms with E-state index in [4.69, 9.17) is 4.74 Å². The van der Waals surface area contributed by atoms with Crippen LogP contribution in [0.3, 0.4) is 0 Å². The number of rotatable bonds is 6. The van der Waals surface area contributed by atoms with Crippen LogP contribution in [0, 0.1) is 18.2 Å². The SMILES string of the molecule is COc1ccc(CN2CCC[C@](CO)(Cc3ccc(F)cc3)C2)cc1C. The summed E-state index contributed by atoms with van der Waals surface area (Å²) in [6.45, 7) is 4.98. The molecule has 2 aromatic carbocycles. The monoisotopic (exact) mass is 357 g/mol. The fourth-order valence-electron chi connectivity index (χ4n) is 4.11. The topological polar surface area (TPSA) is 32.7 Å². The van der Waals surface area contributed by atoms with E-state index < -0.39 is 0 Å². The summed E-state index contributed by atoms with van der Waals surface area (Å²) in [6, 6.07) is 13.0. The van der Waals surface area contributed by atoms with E-state index >= 15 is 0 Å². The van der Waals surface area contributed by atoms with Crippen molar-refractivity contribution >= 4 is 0 Å². The van der Waals surface area contributed by atoms with Gasteiger partial charge in [-0.2, -0.15) is 0 Å². The second-order valence-electron chi connectivity index (χ2n) is 7.58. The Kier molecular flexibility index (Phi) is 5.94. The molecule has 1 aliphatic rings. The Morgan fingerprint density at radius 1 is 1.15 bits per heavy atom. The zero-order valence-electron chi connectivity index (χ0n) is 15.7. The highest BCUT2D eigenvalue weighted by Crippen LogP contribution is 2.34. The van der Waals surface area contributed by atoms with E-state index in [1.807, 2.05) is 18.2 Å². The largest absolute Gasteiger partial charge is 0.496 e. The Balaban J connectivity index is 1.70. The molecule has 1 aliphatic heterocycles. The molecule has 2 aromatic rings. The molecule has 0 aliphatic carbocycles. The highest BCUT2D eigenvalue weighted by molar-refractivity contribution is 5.36. The van der Waals surface area contributed by atoms with Gasteiger partial charge in [0.1, 0.15) is 11.6 Å². The molecular weight excluding hydrogens is 329 g/mol. The van der Waals surface area contributed by atoms with Crippen LogP contribution in [0.25, 0.3) is 0 Å². The summed E-state index contributed by atoms with van der Waals surface area (Å²) in [5, 5.41) is 10.1. The smallest absolute Gasteiger partial charge is 0.123 e. The molecule has 3 nitrogen and oxygen atoms in total. The number of methoxy groups -OCH3 is 1. The van der Waals surface area contributed by atoms with E-state index in [1.54, 1.807) is 7.11 Å². The summed E-state index contributed by atoms with van der Waals surface area (Å²) >= 11 is 0. The fourth-order valence-corrected chi connectivity index (χ4v) is 4.11. The van der Waals surface area contributed by atoms with Gasteiger partial charge in [-0.05, 0) is 67.6 Å². The van der Waals surface area contributed by atoms with Crippen molar-refractivity contribution in [3.05, 3.63) is 65.0 Å². The van der Waals surface area contributed by atoms with Gasteiger partial charge in [-0.1, -0.05) is 24.3 Å². The first-order chi connectivity index (χ1) is 12.5. The summed E-state index contributed by atoms with van der Waals surface area (Å²) in [5.74, 6) is 0.695. The van der Waals surface area contributed by atoms with Crippen molar-refractivity contribution in [2.75, 3.05) is 26.8 Å². The molecule has 1 N–H and O–H groups in total. The number of aryl methyl sites for hydroxylation is 1. The van der Waals surface area contributed by atoms with Crippen molar-refractivity contribution in [3.63, 3.8) is 0 Å². The van der Waals surface area contributed by atoms with Gasteiger partial charge >= 0.3 is 0 Å². The Labute approximate surface area is 155 Å². The van der Waals surface area contributed by atoms with Gasteiger partial charge < -0.3 is 9.84 Å². The predicted molar refractivity (Wildman–Crippen MR) is 102 cm³/mol. The quantitative estimate of drug-likeness (QED) is 0.849. The van der Waals surface area contributed by atoms with Crippen LogP contribution in [-0.2, 0) is 13.0 Å². The molecule has 0 bridgehead atoms. The standard InChI is InChI=1S/C22H28FNO2/c1-17-12-19(6-9-21(17)26-2)14-24-11-3-10-22(15-24,16-25)13-18-4-7-20(23)8-5-18/h4-9,12,25H,3,10-11,13-16H2,1-2H3/t22-/m0/s1. The first kappa shape index (κ1) is 18.9. The number of nitrogens with zero attached hydrogens (tertiary/aromatic N) is 1. The molecule has 140 valence electrons. The maximum absolute atomic E-state index is 13.2. The number of likely N-dealkylation sites (tertiary alicyclic amines) is 1. The van der Waals surface area contributed by atoms with Gasteiger partial charge in [-0.25, -0.2) is 4.39 Å². The predicted octanol–water partition coefficient (Wildman–Crippen LogP) is 3.96. The van der Waals surface area contributed by atoms with Crippen LogP contribution in [0.5, 0.6) is 5.75 Å². The first-order valence-electron chi connectivity index (χ1n) is 9.25. The molecule has 0 spiro atoms. The van der Waals surface area contributed by atoms with E-state index in [9.17, 15) is 9.50 Å². The average Bonchev–Trinajstić information content (AvgIpc) is 2.64. The van der Waals surface area contributed by atoms with Crippen LogP contribution in [0.2, 0.25) is 0 Å². The number of hydrogen-bond acceptors (Lipinski definition) is 3. The highest BCUT2D eigenvalue weighted by atomic mass is 19.1. The van der Waals surface area contributed by atoms with Crippen LogP contribution < -0.4 is 4.74 Å². The number of aliphatic hydroxyl groups excluding tert-OH is 1. The zero-order valence-corrected chi connectivity index (χ0v) is 15.7. The molecular formula is C22H28FNO2. The lowest BCUT2D eigenvalue weighted by atomic mass is 9.75. The number of benzene rings is 2. The molecule has 0 unspecified atom stereocenters. The molecule has 1 atom stereocenters. The maximum atomic E-state index is 13.2. The summed E-state index contributed by atoms with van der Waals surface area (Å²) in [5.41, 5.74) is 3.33. The second-order valence-corrected chi connectivity index (χ2v) is 7.58. The molecule has 3 rings (SSSR count). The Hall–Kier alpha value is -1.91. The fraction of sp³-hybridized carbons (Fsp3) is 0.455. The minimum atomic E-state index is -0.216. The Morgan fingerprint density at radius 3 is 2.54 bits per heavy atom. The number of ether oxygens (including phenoxy) is 1. The maximum Gasteiger partial charge on any atom is 0.123 e. The summed E-state index contributed by atoms with van der Waals surface area (Å²) in [7, 11) is 1.69. The van der Waals surface area contributed by atoms with Crippen molar-refractivity contribution < 1.29 is 14.2 Å². The van der Waals surface area contributed by atoms with Gasteiger partial charge in [-0.3, -0.25) is 4.90 Å². The summed E-state index contributed by atoms with van der Waals surface area (Å²) in [4.78, 5) is 2.42. The third-order valence-electron chi connectivity index (χ3n) is 5.43. The molecule has 26 heavy (non-hydrogen) atoms. The summed E-state index contributed by atoms with van der Waals surface area (Å²) in [6.07, 6.45) is 2.85. The third-order valence-corrected chi connectivity index (χ3v) is 5.43. The molecule has 1 heterocycles. The average molecular weight is 357 g/mol. The van der Waals surface area contributed by atoms with Crippen LogP contribution in [-0.4, -0.2) is 36.8 Å². The minimum Gasteiger partial charge on any atom is -0.496 e. The minimum absolute atomic E-state index is 0.155. The third kappa shape index (κ3) is 4.43. The van der Waals surface area contributed by atoms with Gasteiger partial charge in [-0.15, -0.1) is 0 Å². The van der Waals surface area contributed by atoms with Gasteiger partial charge in [0.15, 0.2) is 0 Å². The van der Waals surface area contributed by atoms with Gasteiger partial charge in [0.05, 0.1) is 13.7 Å². The van der Waals surface area contributed by atoms with Crippen molar-refractivity contribution in [2.45, 2.75) is 32.7 Å². The van der Waals surface area contributed by atoms with E-state index in [2.05, 4.69) is 24.0 Å². The van der Waals surface area contributed by atoms with Crippen molar-refractivity contribution in [2.24, 2.45) is 5.41 Å². The Morgan fingerprint density at radius 2 is 1.88 bits per heavy atom. The van der Waals surface area contributed by atoms with E-state index in [1.165, 1.54) is 17.7 Å². The lowest BCUT2D eigenvalue weighted by Crippen LogP contribution is -2.46. The molecule has 0 amide bonds. The first-order valence-corrected chi connectivity index (χ1v) is 9.25. The molecule has 0 saturated carbocycles. The molecule has 0 radical (unpaired) electrons. The van der Waals surface area contributed by atoms with Crippen molar-refractivity contribution in [3.8, 4) is 5.75 Å². The van der Waals surface area contributed by atoms with E-state index in [0.717, 1.165) is 55.8 Å². The number of aliphatic hydroxyl groups is 1. The van der Waals surface area contributed by atoms with Gasteiger partial charge in [0, 0.05) is 18.5 Å². The number of hydrogen-bond donors (Lipinski definition) is 1. The molecule has 1 saturated heterocycles. The second kappa shape index (κ2) is 8.19. The molecule has 4 heteroatoms. The Bertz CT molecular complexity index is 731. The number of piperidine rings is 1. The van der Waals surface area contributed by atoms with Crippen LogP contribution >= 0.6 is 0 Å². The van der Waals surface area contributed by atoms with Crippen LogP contribution in [0.15, 0.2) is 42.5 Å². The lowest BCUT2D eigenvalue weighted by Gasteiger charge is -2.42. The van der Waals surface area contributed by atoms with Crippen LogP contribution in [0.4, 0.5) is 4.39 Å². The normalized spacial score (nSPS) is 20.9. The van der Waals surface area contributed by atoms with Gasteiger partial charge in [0.2, 0.25) is 0 Å². The van der Waals surface area contributed by atoms with Crippen molar-refractivity contribution in [1.82, 2.24) is 4.90 Å². The zero-order chi connectivity index (χ0) is 18.6. The van der Waals surface area contributed by atoms with Crippen LogP contribution in [0.1, 0.15) is 29.5 Å². The van der Waals surface area contributed by atoms with E-state index in [0.29, 0.717) is 0 Å². The lowest BCUT2D eigenvalue weighted by molar-refractivity contribution is 0.0288. The molecule has 0 aromatic heterocycles. The molecule has 1 fully saturated rings. The number of halogens is 1. The summed E-state index contributed by atoms with van der Waals surface area (Å²) < 4.78 is 18.5. The van der Waals surface area contributed by atoms with E-state index in [-0.39, 0.29) is 17.8 Å². The van der Waals surface area contributed by atoms with Crippen molar-refractivity contribution in [1.29, 1.82) is 0 Å².